The van der Waals surface area contributed by atoms with Crippen LogP contribution in [0.15, 0.2) is 30.5 Å². The average Bonchev–Trinajstić information content (AvgIpc) is 2.95. The van der Waals surface area contributed by atoms with Crippen molar-refractivity contribution in [3.8, 4) is 5.75 Å². The summed E-state index contributed by atoms with van der Waals surface area (Å²) in [6, 6.07) is 7.62. The van der Waals surface area contributed by atoms with Crippen LogP contribution in [0.5, 0.6) is 5.75 Å². The van der Waals surface area contributed by atoms with Gasteiger partial charge in [-0.1, -0.05) is 48.5 Å². The third-order valence-corrected chi connectivity index (χ3v) is 5.56. The molecule has 5 nitrogen and oxygen atoms in total. The number of carbonyl (C=O) groups excluding carboxylic acids is 1. The van der Waals surface area contributed by atoms with Crippen LogP contribution in [0.25, 0.3) is 10.9 Å². The first-order valence-corrected chi connectivity index (χ1v) is 10.5. The fourth-order valence-corrected chi connectivity index (χ4v) is 3.71. The quantitative estimate of drug-likeness (QED) is 0.570. The number of Topliss-reactive ketones (excluding diaryl/α,β-unsaturated/α-hetero) is 1. The number of anilines is 1. The lowest BCUT2D eigenvalue weighted by atomic mass is 9.78. The number of carbonyl (C=O) groups is 1. The van der Waals surface area contributed by atoms with Gasteiger partial charge < -0.3 is 15.4 Å². The Balaban J connectivity index is 2.05. The molecule has 1 aromatic carbocycles. The van der Waals surface area contributed by atoms with Crippen LogP contribution in [0.1, 0.15) is 75.6 Å². The molecule has 0 radical (unpaired) electrons. The number of fused-ring (bicyclic) bond motifs is 1. The third-order valence-electron chi connectivity index (χ3n) is 5.56. The van der Waals surface area contributed by atoms with Gasteiger partial charge in [0.2, 0.25) is 0 Å². The van der Waals surface area contributed by atoms with E-state index in [1.807, 2.05) is 72.0 Å². The Morgan fingerprint density at radius 2 is 1.63 bits per heavy atom. The normalized spacial score (nSPS) is 12.5. The molecule has 30 heavy (non-hydrogen) atoms. The number of aromatic hydroxyl groups is 1. The number of nitrogens with two attached hydrogens (primary N) is 1. The zero-order valence-corrected chi connectivity index (χ0v) is 19.1. The minimum Gasteiger partial charge on any atom is -0.507 e. The maximum absolute atomic E-state index is 13.3. The summed E-state index contributed by atoms with van der Waals surface area (Å²) in [5, 5.41) is 11.8. The molecular formula is C25H33N3O2. The topological polar surface area (TPSA) is 81.1 Å². The number of phenolic OH excluding ortho intramolecular Hbond substituents is 1. The molecule has 160 valence electrons. The van der Waals surface area contributed by atoms with Crippen molar-refractivity contribution in [3.63, 3.8) is 0 Å². The van der Waals surface area contributed by atoms with E-state index in [1.165, 1.54) is 0 Å². The maximum Gasteiger partial charge on any atom is 0.182 e. The first-order valence-electron chi connectivity index (χ1n) is 10.5. The highest BCUT2D eigenvalue weighted by molar-refractivity contribution is 5.98. The van der Waals surface area contributed by atoms with E-state index in [2.05, 4.69) is 11.9 Å². The Hall–Kier alpha value is -2.82. The molecule has 0 amide bonds. The van der Waals surface area contributed by atoms with Gasteiger partial charge in [-0.25, -0.2) is 4.98 Å². The van der Waals surface area contributed by atoms with Crippen LogP contribution in [0.3, 0.4) is 0 Å². The zero-order chi connectivity index (χ0) is 22.4. The maximum atomic E-state index is 13.3. The van der Waals surface area contributed by atoms with Crippen LogP contribution >= 0.6 is 0 Å². The molecule has 3 N–H and O–H groups in total. The van der Waals surface area contributed by atoms with Crippen molar-refractivity contribution >= 4 is 22.5 Å². The Kier molecular flexibility index (Phi) is 5.44. The summed E-state index contributed by atoms with van der Waals surface area (Å²) in [7, 11) is 0. The van der Waals surface area contributed by atoms with Crippen molar-refractivity contribution in [1.29, 1.82) is 0 Å². The first-order chi connectivity index (χ1) is 13.8. The highest BCUT2D eigenvalue weighted by atomic mass is 16.3. The number of aryl methyl sites for hydroxylation is 1. The Bertz CT molecular complexity index is 1080. The van der Waals surface area contributed by atoms with Crippen LogP contribution in [-0.4, -0.2) is 20.4 Å². The van der Waals surface area contributed by atoms with Crippen molar-refractivity contribution in [2.45, 2.75) is 72.3 Å². The average molecular weight is 408 g/mol. The van der Waals surface area contributed by atoms with Crippen LogP contribution in [0, 0.1) is 0 Å². The van der Waals surface area contributed by atoms with Gasteiger partial charge in [-0.2, -0.15) is 0 Å². The number of nitrogen functional groups attached to an aromatic ring is 1. The number of ketones is 1. The highest BCUT2D eigenvalue weighted by Crippen LogP contribution is 2.40. The molecule has 0 unspecified atom stereocenters. The largest absolute Gasteiger partial charge is 0.507 e. The fraction of sp³-hybridized carbons (Fsp3) is 0.440. The van der Waals surface area contributed by atoms with Crippen LogP contribution in [0.4, 0.5) is 5.82 Å². The zero-order valence-electron chi connectivity index (χ0n) is 19.1. The summed E-state index contributed by atoms with van der Waals surface area (Å²) in [4.78, 5) is 17.9. The van der Waals surface area contributed by atoms with E-state index in [4.69, 9.17) is 5.73 Å². The summed E-state index contributed by atoms with van der Waals surface area (Å²) in [6.45, 7) is 14.4. The molecule has 2 aromatic heterocycles. The minimum absolute atomic E-state index is 0.0475. The number of rotatable bonds is 4. The van der Waals surface area contributed by atoms with Crippen molar-refractivity contribution in [2.75, 3.05) is 5.73 Å². The van der Waals surface area contributed by atoms with Gasteiger partial charge in [0.05, 0.1) is 6.54 Å². The minimum atomic E-state index is -0.290. The summed E-state index contributed by atoms with van der Waals surface area (Å²) in [5.41, 5.74) is 9.59. The lowest BCUT2D eigenvalue weighted by Gasteiger charge is -2.28. The molecule has 0 spiro atoms. The second-order valence-corrected chi connectivity index (χ2v) is 10.1. The van der Waals surface area contributed by atoms with E-state index in [0.717, 1.165) is 34.1 Å². The van der Waals surface area contributed by atoms with E-state index in [9.17, 15) is 9.90 Å². The molecule has 3 rings (SSSR count). The van der Waals surface area contributed by atoms with Gasteiger partial charge in [0, 0.05) is 34.0 Å². The smallest absolute Gasteiger partial charge is 0.182 e. The molecule has 0 saturated carbocycles. The molecular weight excluding hydrogens is 374 g/mol. The highest BCUT2D eigenvalue weighted by Gasteiger charge is 2.28. The van der Waals surface area contributed by atoms with Crippen molar-refractivity contribution < 1.29 is 9.90 Å². The number of phenols is 1. The van der Waals surface area contributed by atoms with E-state index in [1.54, 1.807) is 4.57 Å². The van der Waals surface area contributed by atoms with Crippen molar-refractivity contribution in [3.05, 3.63) is 52.8 Å². The standard InChI is InChI=1S/C25H33N3O2/c1-8-17-10-9-15-13-28(23(26)21(15)27-17)14-20(29)16-11-18(24(2,3)4)22(30)19(12-16)25(5,6)7/h9-13,30H,8,14,26H2,1-7H3. The number of pyridine rings is 1. The first kappa shape index (κ1) is 21.9. The second-order valence-electron chi connectivity index (χ2n) is 10.1. The predicted molar refractivity (Wildman–Crippen MR) is 123 cm³/mol. The second kappa shape index (κ2) is 7.46. The molecule has 2 heterocycles. The molecule has 0 fully saturated rings. The number of nitrogens with zero attached hydrogens (tertiary/aromatic N) is 2. The summed E-state index contributed by atoms with van der Waals surface area (Å²) in [5.74, 6) is 0.724. The summed E-state index contributed by atoms with van der Waals surface area (Å²) >= 11 is 0. The van der Waals surface area contributed by atoms with Gasteiger partial charge in [0.15, 0.2) is 5.78 Å². The van der Waals surface area contributed by atoms with Crippen molar-refractivity contribution in [2.24, 2.45) is 0 Å². The van der Waals surface area contributed by atoms with Crippen molar-refractivity contribution in [1.82, 2.24) is 9.55 Å². The summed E-state index contributed by atoms with van der Waals surface area (Å²) < 4.78 is 1.76. The van der Waals surface area contributed by atoms with E-state index < -0.39 is 0 Å². The van der Waals surface area contributed by atoms with Gasteiger partial charge in [-0.15, -0.1) is 0 Å². The lowest BCUT2D eigenvalue weighted by Crippen LogP contribution is -2.20. The Labute approximate surface area is 178 Å². The number of hydrogen-bond donors (Lipinski definition) is 2. The Morgan fingerprint density at radius 1 is 1.07 bits per heavy atom. The molecule has 0 atom stereocenters. The van der Waals surface area contributed by atoms with Gasteiger partial charge in [0.25, 0.3) is 0 Å². The van der Waals surface area contributed by atoms with E-state index >= 15 is 0 Å². The molecule has 0 aliphatic rings. The monoisotopic (exact) mass is 407 g/mol. The predicted octanol–water partition coefficient (Wildman–Crippen LogP) is 5.36. The number of hydrogen-bond acceptors (Lipinski definition) is 4. The SMILES string of the molecule is CCc1ccc2cn(CC(=O)c3cc(C(C)(C)C)c(O)c(C(C)(C)C)c3)c(N)c2n1. The van der Waals surface area contributed by atoms with E-state index in [-0.39, 0.29) is 28.9 Å². The number of benzene rings is 1. The van der Waals surface area contributed by atoms with Gasteiger partial charge in [-0.3, -0.25) is 4.79 Å². The van der Waals surface area contributed by atoms with Gasteiger partial charge in [0.1, 0.15) is 17.1 Å². The molecule has 0 aliphatic carbocycles. The fourth-order valence-electron chi connectivity index (χ4n) is 3.71. The number of aromatic nitrogens is 2. The van der Waals surface area contributed by atoms with Crippen LogP contribution < -0.4 is 5.73 Å². The molecule has 0 saturated heterocycles. The van der Waals surface area contributed by atoms with Gasteiger partial charge >= 0.3 is 0 Å². The lowest BCUT2D eigenvalue weighted by molar-refractivity contribution is 0.0972. The molecule has 0 aliphatic heterocycles. The van der Waals surface area contributed by atoms with Crippen LogP contribution in [-0.2, 0) is 23.8 Å². The van der Waals surface area contributed by atoms with Crippen LogP contribution in [0.2, 0.25) is 0 Å². The summed E-state index contributed by atoms with van der Waals surface area (Å²) in [6.07, 6.45) is 2.71. The van der Waals surface area contributed by atoms with Gasteiger partial charge in [-0.05, 0) is 41.5 Å². The molecule has 0 bridgehead atoms. The molecule has 3 aromatic rings. The molecule has 5 heteroatoms. The van der Waals surface area contributed by atoms with E-state index in [0.29, 0.717) is 11.4 Å². The Morgan fingerprint density at radius 3 is 2.13 bits per heavy atom. The third kappa shape index (κ3) is 4.07.